The van der Waals surface area contributed by atoms with Crippen LogP contribution in [-0.4, -0.2) is 69.1 Å². The maximum Gasteiger partial charge on any atom is 0.211 e. The Bertz CT molecular complexity index is 563. The maximum atomic E-state index is 11.6. The molecule has 2 heterocycles. The molecule has 0 bridgehead atoms. The summed E-state index contributed by atoms with van der Waals surface area (Å²) in [6.07, 6.45) is 8.60. The number of rotatable bonds is 4. The van der Waals surface area contributed by atoms with Gasteiger partial charge in [-0.25, -0.2) is 12.7 Å². The van der Waals surface area contributed by atoms with Crippen LogP contribution >= 0.6 is 0 Å². The predicted molar refractivity (Wildman–Crippen MR) is 97.6 cm³/mol. The summed E-state index contributed by atoms with van der Waals surface area (Å²) >= 11 is 0. The van der Waals surface area contributed by atoms with Crippen LogP contribution in [0.2, 0.25) is 0 Å². The van der Waals surface area contributed by atoms with Gasteiger partial charge in [0.2, 0.25) is 10.0 Å². The fourth-order valence-electron chi connectivity index (χ4n) is 4.27. The molecule has 0 aromatic rings. The Balaban J connectivity index is 1.53. The van der Waals surface area contributed by atoms with Gasteiger partial charge in [0.15, 0.2) is 5.96 Å². The van der Waals surface area contributed by atoms with Gasteiger partial charge < -0.3 is 10.2 Å². The smallest absolute Gasteiger partial charge is 0.211 e. The number of hydrogen-bond acceptors (Lipinski definition) is 3. The number of nitrogens with one attached hydrogen (secondary N) is 1. The van der Waals surface area contributed by atoms with E-state index < -0.39 is 10.0 Å². The first-order chi connectivity index (χ1) is 11.4. The quantitative estimate of drug-likeness (QED) is 0.612. The molecule has 138 valence electrons. The van der Waals surface area contributed by atoms with E-state index in [1.807, 2.05) is 0 Å². The first-order valence-electron chi connectivity index (χ1n) is 9.40. The van der Waals surface area contributed by atoms with Crippen molar-refractivity contribution < 1.29 is 8.42 Å². The Hall–Kier alpha value is -0.820. The molecule has 2 saturated heterocycles. The second kappa shape index (κ2) is 7.20. The van der Waals surface area contributed by atoms with Crippen molar-refractivity contribution in [3.05, 3.63) is 0 Å². The van der Waals surface area contributed by atoms with Gasteiger partial charge >= 0.3 is 0 Å². The second-order valence-corrected chi connectivity index (χ2v) is 9.81. The van der Waals surface area contributed by atoms with Crippen LogP contribution in [-0.2, 0) is 10.0 Å². The molecular weight excluding hydrogens is 324 g/mol. The van der Waals surface area contributed by atoms with Crippen LogP contribution in [0.1, 0.15) is 45.4 Å². The number of nitrogens with zero attached hydrogens (tertiary/aromatic N) is 3. The SMILES string of the molecule is CCNC(=NCC1CCN(S(C)(=O)=O)CC1)N1CCC2(CCC2)C1. The van der Waals surface area contributed by atoms with Gasteiger partial charge in [0.25, 0.3) is 0 Å². The Kier molecular flexibility index (Phi) is 5.39. The van der Waals surface area contributed by atoms with Gasteiger partial charge in [0, 0.05) is 39.3 Å². The molecular formula is C17H32N4O2S. The lowest BCUT2D eigenvalue weighted by atomic mass is 9.68. The molecule has 1 saturated carbocycles. The summed E-state index contributed by atoms with van der Waals surface area (Å²) in [6, 6.07) is 0. The molecule has 24 heavy (non-hydrogen) atoms. The highest BCUT2D eigenvalue weighted by atomic mass is 32.2. The third-order valence-electron chi connectivity index (χ3n) is 6.03. The minimum absolute atomic E-state index is 0.497. The monoisotopic (exact) mass is 356 g/mol. The number of piperidine rings is 1. The molecule has 1 N–H and O–H groups in total. The van der Waals surface area contributed by atoms with E-state index >= 15 is 0 Å². The van der Waals surface area contributed by atoms with Crippen LogP contribution in [0.15, 0.2) is 4.99 Å². The highest BCUT2D eigenvalue weighted by molar-refractivity contribution is 7.88. The third-order valence-corrected chi connectivity index (χ3v) is 7.33. The minimum Gasteiger partial charge on any atom is -0.357 e. The molecule has 3 rings (SSSR count). The molecule has 0 amide bonds. The van der Waals surface area contributed by atoms with Crippen LogP contribution in [0.25, 0.3) is 0 Å². The Morgan fingerprint density at radius 3 is 2.42 bits per heavy atom. The van der Waals surface area contributed by atoms with Crippen LogP contribution in [0.5, 0.6) is 0 Å². The lowest BCUT2D eigenvalue weighted by Gasteiger charge is -2.38. The van der Waals surface area contributed by atoms with Gasteiger partial charge in [-0.2, -0.15) is 0 Å². The summed E-state index contributed by atoms with van der Waals surface area (Å²) in [7, 11) is -3.03. The number of likely N-dealkylation sites (tertiary alicyclic amines) is 1. The molecule has 0 aromatic carbocycles. The predicted octanol–water partition coefficient (Wildman–Crippen LogP) is 1.50. The number of guanidine groups is 1. The van der Waals surface area contributed by atoms with E-state index in [0.29, 0.717) is 24.4 Å². The van der Waals surface area contributed by atoms with Gasteiger partial charge in [0.05, 0.1) is 6.26 Å². The van der Waals surface area contributed by atoms with Crippen molar-refractivity contribution in [1.82, 2.24) is 14.5 Å². The zero-order chi connectivity index (χ0) is 17.2. The van der Waals surface area contributed by atoms with E-state index in [1.165, 1.54) is 31.9 Å². The van der Waals surface area contributed by atoms with Gasteiger partial charge in [-0.15, -0.1) is 0 Å². The van der Waals surface area contributed by atoms with Crippen molar-refractivity contribution in [2.45, 2.75) is 45.4 Å². The van der Waals surface area contributed by atoms with Gasteiger partial charge in [-0.05, 0) is 50.4 Å². The number of hydrogen-bond donors (Lipinski definition) is 1. The summed E-state index contributed by atoms with van der Waals surface area (Å²) in [6.45, 7) is 7.39. The Morgan fingerprint density at radius 1 is 1.21 bits per heavy atom. The maximum absolute atomic E-state index is 11.6. The third kappa shape index (κ3) is 4.04. The van der Waals surface area contributed by atoms with Crippen molar-refractivity contribution in [2.75, 3.05) is 45.5 Å². The summed E-state index contributed by atoms with van der Waals surface area (Å²) < 4.78 is 24.8. The standard InChI is InChI=1S/C17H32N4O2S/c1-3-18-16(20-12-9-17(14-20)7-4-8-17)19-13-15-5-10-21(11-6-15)24(2,22)23/h15H,3-14H2,1-2H3,(H,18,19). The van der Waals surface area contributed by atoms with E-state index in [1.54, 1.807) is 4.31 Å². The molecule has 0 aromatic heterocycles. The number of aliphatic imine (C=N–C) groups is 1. The molecule has 6 nitrogen and oxygen atoms in total. The van der Waals surface area contributed by atoms with E-state index in [9.17, 15) is 8.42 Å². The van der Waals surface area contributed by atoms with Gasteiger partial charge in [-0.3, -0.25) is 4.99 Å². The molecule has 3 aliphatic rings. The van der Waals surface area contributed by atoms with Crippen molar-refractivity contribution in [1.29, 1.82) is 0 Å². The molecule has 1 spiro atoms. The van der Waals surface area contributed by atoms with E-state index in [4.69, 9.17) is 4.99 Å². The van der Waals surface area contributed by atoms with Crippen LogP contribution in [0, 0.1) is 11.3 Å². The second-order valence-electron chi connectivity index (χ2n) is 7.83. The van der Waals surface area contributed by atoms with Crippen molar-refractivity contribution >= 4 is 16.0 Å². The van der Waals surface area contributed by atoms with Crippen molar-refractivity contribution in [3.63, 3.8) is 0 Å². The summed E-state index contributed by atoms with van der Waals surface area (Å²) in [5.41, 5.74) is 0.580. The van der Waals surface area contributed by atoms with E-state index in [0.717, 1.165) is 45.0 Å². The van der Waals surface area contributed by atoms with Gasteiger partial charge in [0.1, 0.15) is 0 Å². The molecule has 0 atom stereocenters. The summed E-state index contributed by atoms with van der Waals surface area (Å²) in [4.78, 5) is 7.33. The topological polar surface area (TPSA) is 65.0 Å². The fraction of sp³-hybridized carbons (Fsp3) is 0.941. The average Bonchev–Trinajstić information content (AvgIpc) is 2.97. The molecule has 0 radical (unpaired) electrons. The zero-order valence-electron chi connectivity index (χ0n) is 15.1. The highest BCUT2D eigenvalue weighted by Crippen LogP contribution is 2.47. The lowest BCUT2D eigenvalue weighted by Crippen LogP contribution is -2.43. The molecule has 2 aliphatic heterocycles. The highest BCUT2D eigenvalue weighted by Gasteiger charge is 2.43. The first kappa shape index (κ1) is 18.0. The lowest BCUT2D eigenvalue weighted by molar-refractivity contribution is 0.151. The van der Waals surface area contributed by atoms with Crippen LogP contribution in [0.4, 0.5) is 0 Å². The molecule has 1 aliphatic carbocycles. The summed E-state index contributed by atoms with van der Waals surface area (Å²) in [5, 5.41) is 3.45. The molecule has 0 unspecified atom stereocenters. The number of sulfonamides is 1. The summed E-state index contributed by atoms with van der Waals surface area (Å²) in [5.74, 6) is 1.56. The zero-order valence-corrected chi connectivity index (χ0v) is 15.9. The fourth-order valence-corrected chi connectivity index (χ4v) is 5.14. The average molecular weight is 357 g/mol. The van der Waals surface area contributed by atoms with Gasteiger partial charge in [-0.1, -0.05) is 6.42 Å². The normalized spacial score (nSPS) is 25.9. The van der Waals surface area contributed by atoms with E-state index in [-0.39, 0.29) is 0 Å². The van der Waals surface area contributed by atoms with E-state index in [2.05, 4.69) is 17.1 Å². The van der Waals surface area contributed by atoms with Crippen molar-refractivity contribution in [3.8, 4) is 0 Å². The first-order valence-corrected chi connectivity index (χ1v) is 11.3. The Labute approximate surface area is 146 Å². The van der Waals surface area contributed by atoms with Crippen LogP contribution < -0.4 is 5.32 Å². The largest absolute Gasteiger partial charge is 0.357 e. The minimum atomic E-state index is -3.03. The molecule has 3 fully saturated rings. The Morgan fingerprint density at radius 2 is 1.92 bits per heavy atom. The van der Waals surface area contributed by atoms with Crippen molar-refractivity contribution in [2.24, 2.45) is 16.3 Å². The molecule has 7 heteroatoms. The van der Waals surface area contributed by atoms with Crippen LogP contribution in [0.3, 0.4) is 0 Å².